The summed E-state index contributed by atoms with van der Waals surface area (Å²) in [6.45, 7) is 6.52. The Labute approximate surface area is 120 Å². The molecule has 2 aliphatic rings. The molecule has 1 aliphatic carbocycles. The van der Waals surface area contributed by atoms with Crippen LogP contribution in [-0.2, 0) is 4.74 Å². The molecular weight excluding hydrogens is 254 g/mol. The molecule has 0 amide bonds. The number of aryl methyl sites for hydroxylation is 1. The van der Waals surface area contributed by atoms with Crippen molar-refractivity contribution < 1.29 is 9.84 Å². The molecule has 1 aromatic heterocycles. The number of piperidine rings is 1. The summed E-state index contributed by atoms with van der Waals surface area (Å²) in [5.74, 6) is 0.807. The molecule has 2 heterocycles. The highest BCUT2D eigenvalue weighted by atomic mass is 16.5. The van der Waals surface area contributed by atoms with Crippen LogP contribution >= 0.6 is 0 Å². The topological polar surface area (TPSA) is 58.5 Å². The first-order valence-corrected chi connectivity index (χ1v) is 7.50. The molecule has 1 aromatic rings. The first-order valence-electron chi connectivity index (χ1n) is 7.50. The van der Waals surface area contributed by atoms with E-state index >= 15 is 0 Å². The second-order valence-electron chi connectivity index (χ2n) is 5.91. The van der Waals surface area contributed by atoms with Gasteiger partial charge in [-0.15, -0.1) is 0 Å². The lowest BCUT2D eigenvalue weighted by molar-refractivity contribution is -0.199. The number of hydrogen-bond acceptors (Lipinski definition) is 5. The van der Waals surface area contributed by atoms with Crippen molar-refractivity contribution >= 4 is 5.95 Å². The van der Waals surface area contributed by atoms with Gasteiger partial charge in [-0.25, -0.2) is 9.97 Å². The Morgan fingerprint density at radius 3 is 2.80 bits per heavy atom. The van der Waals surface area contributed by atoms with E-state index in [0.717, 1.165) is 50.6 Å². The summed E-state index contributed by atoms with van der Waals surface area (Å²) in [5.41, 5.74) is 0.960. The van der Waals surface area contributed by atoms with Gasteiger partial charge in [0.1, 0.15) is 0 Å². The van der Waals surface area contributed by atoms with E-state index in [2.05, 4.69) is 14.9 Å². The number of anilines is 1. The molecule has 5 heteroatoms. The maximum absolute atomic E-state index is 10.2. The van der Waals surface area contributed by atoms with Crippen molar-refractivity contribution in [3.05, 3.63) is 18.0 Å². The van der Waals surface area contributed by atoms with Crippen molar-refractivity contribution in [1.29, 1.82) is 0 Å². The zero-order valence-corrected chi connectivity index (χ0v) is 12.2. The van der Waals surface area contributed by atoms with Gasteiger partial charge in [0.25, 0.3) is 0 Å². The normalized spacial score (nSPS) is 28.4. The minimum atomic E-state index is -0.209. The fourth-order valence-electron chi connectivity index (χ4n) is 3.53. The van der Waals surface area contributed by atoms with Crippen LogP contribution in [0.15, 0.2) is 12.3 Å². The molecule has 0 aromatic carbocycles. The van der Waals surface area contributed by atoms with E-state index in [0.29, 0.717) is 0 Å². The second kappa shape index (κ2) is 5.30. The fraction of sp³-hybridized carbons (Fsp3) is 0.733. The van der Waals surface area contributed by atoms with Crippen LogP contribution in [0, 0.1) is 12.3 Å². The summed E-state index contributed by atoms with van der Waals surface area (Å²) in [6, 6.07) is 1.91. The number of aromatic nitrogens is 2. The monoisotopic (exact) mass is 277 g/mol. The SMILES string of the molecule is CCO[C@@H]1C[C@H](O)C12CCN(c1nccc(C)n1)CC2. The molecular formula is C15H23N3O2. The quantitative estimate of drug-likeness (QED) is 0.908. The predicted octanol–water partition coefficient (Wildman–Crippen LogP) is 1.54. The number of ether oxygens (including phenoxy) is 1. The first-order chi connectivity index (χ1) is 9.65. The summed E-state index contributed by atoms with van der Waals surface area (Å²) in [6.07, 6.45) is 4.52. The first kappa shape index (κ1) is 13.8. The van der Waals surface area contributed by atoms with E-state index in [1.54, 1.807) is 0 Å². The van der Waals surface area contributed by atoms with Gasteiger partial charge in [-0.3, -0.25) is 0 Å². The Kier molecular flexibility index (Phi) is 3.65. The average molecular weight is 277 g/mol. The molecule has 0 bridgehead atoms. The van der Waals surface area contributed by atoms with E-state index in [1.165, 1.54) is 0 Å². The summed E-state index contributed by atoms with van der Waals surface area (Å²) >= 11 is 0. The third-order valence-electron chi connectivity index (χ3n) is 4.87. The Bertz CT molecular complexity index is 470. The van der Waals surface area contributed by atoms with E-state index < -0.39 is 0 Å². The third-order valence-corrected chi connectivity index (χ3v) is 4.87. The molecule has 1 saturated carbocycles. The molecule has 2 fully saturated rings. The number of rotatable bonds is 3. The highest BCUT2D eigenvalue weighted by Crippen LogP contribution is 2.51. The standard InChI is InChI=1S/C15H23N3O2/c1-3-20-13-10-12(19)15(13)5-8-18(9-6-15)14-16-7-4-11(2)17-14/h4,7,12-13,19H,3,5-6,8-10H2,1-2H3/t12-,13+/m0/s1. The molecule has 1 spiro atoms. The van der Waals surface area contributed by atoms with Gasteiger partial charge < -0.3 is 14.7 Å². The number of nitrogens with zero attached hydrogens (tertiary/aromatic N) is 3. The van der Waals surface area contributed by atoms with E-state index in [9.17, 15) is 5.11 Å². The van der Waals surface area contributed by atoms with Crippen LogP contribution < -0.4 is 4.90 Å². The van der Waals surface area contributed by atoms with Crippen LogP contribution in [0.4, 0.5) is 5.95 Å². The highest BCUT2D eigenvalue weighted by molar-refractivity contribution is 5.32. The Morgan fingerprint density at radius 2 is 2.20 bits per heavy atom. The Hall–Kier alpha value is -1.20. The van der Waals surface area contributed by atoms with Crippen LogP contribution in [0.5, 0.6) is 0 Å². The summed E-state index contributed by atoms with van der Waals surface area (Å²) in [5, 5.41) is 10.2. The van der Waals surface area contributed by atoms with Gasteiger partial charge in [0, 0.05) is 43.4 Å². The van der Waals surface area contributed by atoms with Gasteiger partial charge in [0.05, 0.1) is 12.2 Å². The molecule has 1 aliphatic heterocycles. The lowest BCUT2D eigenvalue weighted by Crippen LogP contribution is -2.62. The molecule has 110 valence electrons. The van der Waals surface area contributed by atoms with Crippen molar-refractivity contribution in [3.63, 3.8) is 0 Å². The Balaban J connectivity index is 1.67. The molecule has 2 atom stereocenters. The molecule has 3 rings (SSSR count). The zero-order valence-electron chi connectivity index (χ0n) is 12.2. The average Bonchev–Trinajstić information content (AvgIpc) is 2.47. The van der Waals surface area contributed by atoms with Crippen molar-refractivity contribution in [3.8, 4) is 0 Å². The van der Waals surface area contributed by atoms with Gasteiger partial charge >= 0.3 is 0 Å². The van der Waals surface area contributed by atoms with Crippen LogP contribution in [0.25, 0.3) is 0 Å². The van der Waals surface area contributed by atoms with Crippen LogP contribution in [-0.4, -0.2) is 47.0 Å². The van der Waals surface area contributed by atoms with Crippen molar-refractivity contribution in [2.24, 2.45) is 5.41 Å². The van der Waals surface area contributed by atoms with E-state index in [4.69, 9.17) is 4.74 Å². The predicted molar refractivity (Wildman–Crippen MR) is 76.7 cm³/mol. The zero-order chi connectivity index (χ0) is 14.2. The van der Waals surface area contributed by atoms with E-state index in [-0.39, 0.29) is 17.6 Å². The largest absolute Gasteiger partial charge is 0.392 e. The smallest absolute Gasteiger partial charge is 0.225 e. The summed E-state index contributed by atoms with van der Waals surface area (Å²) < 4.78 is 5.79. The van der Waals surface area contributed by atoms with Crippen LogP contribution in [0.1, 0.15) is 31.9 Å². The highest BCUT2D eigenvalue weighted by Gasteiger charge is 2.56. The minimum Gasteiger partial charge on any atom is -0.392 e. The van der Waals surface area contributed by atoms with E-state index in [1.807, 2.05) is 26.1 Å². The lowest BCUT2D eigenvalue weighted by atomic mass is 9.58. The molecule has 0 radical (unpaired) electrons. The van der Waals surface area contributed by atoms with Gasteiger partial charge in [0.2, 0.25) is 5.95 Å². The number of hydrogen-bond donors (Lipinski definition) is 1. The maximum Gasteiger partial charge on any atom is 0.225 e. The molecule has 0 unspecified atom stereocenters. The molecule has 1 N–H and O–H groups in total. The maximum atomic E-state index is 10.2. The van der Waals surface area contributed by atoms with Crippen LogP contribution in [0.2, 0.25) is 0 Å². The van der Waals surface area contributed by atoms with Crippen molar-refractivity contribution in [2.45, 2.75) is 45.3 Å². The fourth-order valence-corrected chi connectivity index (χ4v) is 3.53. The lowest BCUT2D eigenvalue weighted by Gasteiger charge is -2.56. The number of aliphatic hydroxyl groups excluding tert-OH is 1. The second-order valence-corrected chi connectivity index (χ2v) is 5.91. The van der Waals surface area contributed by atoms with Gasteiger partial charge in [-0.2, -0.15) is 0 Å². The van der Waals surface area contributed by atoms with Crippen molar-refractivity contribution in [2.75, 3.05) is 24.6 Å². The Morgan fingerprint density at radius 1 is 1.45 bits per heavy atom. The van der Waals surface area contributed by atoms with Gasteiger partial charge in [-0.05, 0) is 32.8 Å². The molecule has 20 heavy (non-hydrogen) atoms. The van der Waals surface area contributed by atoms with Crippen LogP contribution in [0.3, 0.4) is 0 Å². The molecule has 1 saturated heterocycles. The van der Waals surface area contributed by atoms with Crippen molar-refractivity contribution in [1.82, 2.24) is 9.97 Å². The number of aliphatic hydroxyl groups is 1. The summed E-state index contributed by atoms with van der Waals surface area (Å²) in [7, 11) is 0. The third kappa shape index (κ3) is 2.19. The van der Waals surface area contributed by atoms with Gasteiger partial charge in [0.15, 0.2) is 0 Å². The molecule has 5 nitrogen and oxygen atoms in total. The van der Waals surface area contributed by atoms with Gasteiger partial charge in [-0.1, -0.05) is 0 Å². The summed E-state index contributed by atoms with van der Waals surface area (Å²) in [4.78, 5) is 11.0. The minimum absolute atomic E-state index is 0.0314.